The van der Waals surface area contributed by atoms with Crippen molar-refractivity contribution in [1.82, 2.24) is 4.98 Å². The average Bonchev–Trinajstić information content (AvgIpc) is 2.33. The first-order valence-corrected chi connectivity index (χ1v) is 5.16. The van der Waals surface area contributed by atoms with E-state index >= 15 is 0 Å². The molecule has 1 rings (SSSR count). The monoisotopic (exact) mass is 192 g/mol. The molecule has 0 bridgehead atoms. The Balaban J connectivity index is 0. The molecule has 1 aromatic heterocycles. The summed E-state index contributed by atoms with van der Waals surface area (Å²) >= 11 is 0. The molecule has 78 valence electrons. The number of hydrogen-bond donors (Lipinski definition) is 0. The second-order valence-corrected chi connectivity index (χ2v) is 2.33. The van der Waals surface area contributed by atoms with Crippen LogP contribution in [0.1, 0.15) is 46.2 Å². The fourth-order valence-electron chi connectivity index (χ4n) is 0.429. The number of hydrogen-bond acceptors (Lipinski definition) is 2. The van der Waals surface area contributed by atoms with Crippen LogP contribution in [0.3, 0.4) is 0 Å². The van der Waals surface area contributed by atoms with E-state index in [1.165, 1.54) is 12.8 Å². The van der Waals surface area contributed by atoms with Crippen LogP contribution in [0, 0.1) is 11.3 Å². The van der Waals surface area contributed by atoms with Gasteiger partial charge in [-0.15, -0.1) is 0 Å². The summed E-state index contributed by atoms with van der Waals surface area (Å²) in [5, 5.41) is 8.23. The first-order chi connectivity index (χ1) is 6.85. The van der Waals surface area contributed by atoms with Crippen LogP contribution < -0.4 is 0 Å². The Morgan fingerprint density at radius 1 is 1.21 bits per heavy atom. The Labute approximate surface area is 87.6 Å². The molecule has 0 aliphatic heterocycles. The van der Waals surface area contributed by atoms with Crippen LogP contribution in [0.5, 0.6) is 0 Å². The van der Waals surface area contributed by atoms with Gasteiger partial charge in [0.25, 0.3) is 0 Å². The fourth-order valence-corrected chi connectivity index (χ4v) is 0.429. The normalized spacial score (nSPS) is 7.07. The Kier molecular flexibility index (Phi) is 15.3. The van der Waals surface area contributed by atoms with E-state index in [-0.39, 0.29) is 0 Å². The molecular weight excluding hydrogens is 172 g/mol. The van der Waals surface area contributed by atoms with E-state index < -0.39 is 0 Å². The molecule has 0 aliphatic rings. The summed E-state index contributed by atoms with van der Waals surface area (Å²) in [4.78, 5) is 3.74. The van der Waals surface area contributed by atoms with Gasteiger partial charge in [0.1, 0.15) is 11.8 Å². The minimum absolute atomic E-state index is 0.465. The van der Waals surface area contributed by atoms with Gasteiger partial charge in [0.15, 0.2) is 0 Å². The Bertz CT molecular complexity index is 222. The molecule has 0 aromatic carbocycles. The van der Waals surface area contributed by atoms with Gasteiger partial charge in [0, 0.05) is 6.20 Å². The van der Waals surface area contributed by atoms with Gasteiger partial charge in [-0.1, -0.05) is 46.6 Å². The van der Waals surface area contributed by atoms with E-state index in [9.17, 15) is 0 Å². The first kappa shape index (κ1) is 15.1. The summed E-state index contributed by atoms with van der Waals surface area (Å²) in [6.07, 6.45) is 4.23. The molecule has 1 aromatic rings. The van der Waals surface area contributed by atoms with Crippen LogP contribution in [0.15, 0.2) is 24.4 Å². The summed E-state index contributed by atoms with van der Waals surface area (Å²) in [6, 6.07) is 7.14. The van der Waals surface area contributed by atoms with Crippen molar-refractivity contribution >= 4 is 0 Å². The van der Waals surface area contributed by atoms with E-state index in [0.717, 1.165) is 0 Å². The number of aromatic nitrogens is 1. The van der Waals surface area contributed by atoms with Crippen LogP contribution >= 0.6 is 0 Å². The summed E-state index contributed by atoms with van der Waals surface area (Å²) in [6.45, 7) is 8.36. The molecule has 14 heavy (non-hydrogen) atoms. The molecule has 1 heterocycles. The van der Waals surface area contributed by atoms with Crippen LogP contribution in [0.25, 0.3) is 0 Å². The molecule has 0 saturated carbocycles. The zero-order chi connectivity index (χ0) is 11.2. The Hall–Kier alpha value is -1.36. The highest BCUT2D eigenvalue weighted by atomic mass is 14.7. The molecule has 0 atom stereocenters. The van der Waals surface area contributed by atoms with Crippen molar-refractivity contribution in [2.24, 2.45) is 0 Å². The summed E-state index contributed by atoms with van der Waals surface area (Å²) in [5.74, 6) is 0. The van der Waals surface area contributed by atoms with Gasteiger partial charge in [-0.05, 0) is 12.1 Å². The van der Waals surface area contributed by atoms with E-state index in [1.54, 1.807) is 24.4 Å². The standard InChI is InChI=1S/C6H4N2.C4H10.C2H6/c7-5-6-3-1-2-4-8-6;1-3-4-2;1-2/h1-4H;3-4H2,1-2H3;1-2H3. The zero-order valence-corrected chi connectivity index (χ0v) is 9.62. The van der Waals surface area contributed by atoms with Gasteiger partial charge in [0.2, 0.25) is 0 Å². The van der Waals surface area contributed by atoms with Crippen molar-refractivity contribution in [2.45, 2.75) is 40.5 Å². The minimum atomic E-state index is 0.465. The second kappa shape index (κ2) is 14.2. The molecule has 0 aliphatic carbocycles. The zero-order valence-electron chi connectivity index (χ0n) is 9.62. The van der Waals surface area contributed by atoms with Crippen LogP contribution in [-0.2, 0) is 0 Å². The van der Waals surface area contributed by atoms with E-state index in [4.69, 9.17) is 5.26 Å². The van der Waals surface area contributed by atoms with Gasteiger partial charge in [-0.2, -0.15) is 5.26 Å². The molecule has 0 N–H and O–H groups in total. The maximum Gasteiger partial charge on any atom is 0.140 e. The molecule has 0 saturated heterocycles. The lowest BCUT2D eigenvalue weighted by molar-refractivity contribution is 0.886. The number of rotatable bonds is 1. The smallest absolute Gasteiger partial charge is 0.140 e. The van der Waals surface area contributed by atoms with Crippen molar-refractivity contribution < 1.29 is 0 Å². The number of nitriles is 1. The van der Waals surface area contributed by atoms with Gasteiger partial charge in [-0.3, -0.25) is 0 Å². The largest absolute Gasteiger partial charge is 0.246 e. The van der Waals surface area contributed by atoms with Crippen LogP contribution in [0.2, 0.25) is 0 Å². The molecular formula is C12H20N2. The quantitative estimate of drug-likeness (QED) is 0.678. The summed E-state index contributed by atoms with van der Waals surface area (Å²) in [5.41, 5.74) is 0.465. The Morgan fingerprint density at radius 3 is 2.00 bits per heavy atom. The highest BCUT2D eigenvalue weighted by molar-refractivity contribution is 5.18. The highest BCUT2D eigenvalue weighted by Gasteiger charge is 1.81. The maximum absolute atomic E-state index is 8.23. The third kappa shape index (κ3) is 10.6. The predicted octanol–water partition coefficient (Wildman–Crippen LogP) is 3.79. The van der Waals surface area contributed by atoms with E-state index in [1.807, 2.05) is 19.9 Å². The lowest BCUT2D eigenvalue weighted by Gasteiger charge is -1.79. The first-order valence-electron chi connectivity index (χ1n) is 5.16. The fraction of sp³-hybridized carbons (Fsp3) is 0.500. The van der Waals surface area contributed by atoms with Crippen molar-refractivity contribution in [2.75, 3.05) is 0 Å². The van der Waals surface area contributed by atoms with Crippen LogP contribution in [0.4, 0.5) is 0 Å². The lowest BCUT2D eigenvalue weighted by atomic mass is 10.4. The maximum atomic E-state index is 8.23. The molecule has 2 nitrogen and oxygen atoms in total. The number of pyridine rings is 1. The van der Waals surface area contributed by atoms with Crippen LogP contribution in [-0.4, -0.2) is 4.98 Å². The van der Waals surface area contributed by atoms with E-state index in [2.05, 4.69) is 18.8 Å². The topological polar surface area (TPSA) is 36.7 Å². The van der Waals surface area contributed by atoms with Crippen molar-refractivity contribution in [1.29, 1.82) is 5.26 Å². The number of unbranched alkanes of at least 4 members (excludes halogenated alkanes) is 1. The van der Waals surface area contributed by atoms with Gasteiger partial charge < -0.3 is 0 Å². The second-order valence-electron chi connectivity index (χ2n) is 2.33. The number of nitrogens with zero attached hydrogens (tertiary/aromatic N) is 2. The molecule has 0 radical (unpaired) electrons. The van der Waals surface area contributed by atoms with Gasteiger partial charge in [-0.25, -0.2) is 4.98 Å². The molecule has 0 amide bonds. The summed E-state index contributed by atoms with van der Waals surface area (Å²) < 4.78 is 0. The van der Waals surface area contributed by atoms with Crippen molar-refractivity contribution in [3.05, 3.63) is 30.1 Å². The minimum Gasteiger partial charge on any atom is -0.246 e. The van der Waals surface area contributed by atoms with Gasteiger partial charge in [0.05, 0.1) is 0 Å². The Morgan fingerprint density at radius 2 is 1.79 bits per heavy atom. The molecule has 0 fully saturated rings. The molecule has 2 heteroatoms. The van der Waals surface area contributed by atoms with Crippen molar-refractivity contribution in [3.63, 3.8) is 0 Å². The average molecular weight is 192 g/mol. The molecule has 0 unspecified atom stereocenters. The van der Waals surface area contributed by atoms with Gasteiger partial charge >= 0.3 is 0 Å². The third-order valence-electron chi connectivity index (χ3n) is 1.28. The predicted molar refractivity (Wildman–Crippen MR) is 60.9 cm³/mol. The lowest BCUT2D eigenvalue weighted by Crippen LogP contribution is -1.75. The van der Waals surface area contributed by atoms with E-state index in [0.29, 0.717) is 5.69 Å². The summed E-state index contributed by atoms with van der Waals surface area (Å²) in [7, 11) is 0. The van der Waals surface area contributed by atoms with Crippen molar-refractivity contribution in [3.8, 4) is 6.07 Å². The third-order valence-corrected chi connectivity index (χ3v) is 1.28. The SMILES string of the molecule is CC.CCCC.N#Cc1ccccn1. The highest BCUT2D eigenvalue weighted by Crippen LogP contribution is 1.87. The molecule has 0 spiro atoms.